The summed E-state index contributed by atoms with van der Waals surface area (Å²) in [6.07, 6.45) is -0.841. The van der Waals surface area contributed by atoms with E-state index in [1.807, 2.05) is 6.92 Å². The molecule has 0 aliphatic carbocycles. The number of H-pyrrole nitrogens is 1. The van der Waals surface area contributed by atoms with Crippen LogP contribution in [-0.4, -0.2) is 32.7 Å². The van der Waals surface area contributed by atoms with Gasteiger partial charge in [-0.25, -0.2) is 14.4 Å². The molecule has 1 aromatic carbocycles. The summed E-state index contributed by atoms with van der Waals surface area (Å²) in [4.78, 5) is 13.8. The summed E-state index contributed by atoms with van der Waals surface area (Å²) in [5.74, 6) is 2.98. The van der Waals surface area contributed by atoms with E-state index in [9.17, 15) is 17.6 Å². The summed E-state index contributed by atoms with van der Waals surface area (Å²) in [6, 6.07) is 7.54. The Balaban J connectivity index is 1.99. The van der Waals surface area contributed by atoms with Crippen LogP contribution in [0.2, 0.25) is 0 Å². The van der Waals surface area contributed by atoms with Gasteiger partial charge in [-0.15, -0.1) is 0 Å². The molecule has 0 aliphatic heterocycles. The monoisotopic (exact) mass is 460 g/mol. The van der Waals surface area contributed by atoms with Crippen LogP contribution in [0, 0.1) is 11.2 Å². The largest absolute Gasteiger partial charge is 0.451 e. The summed E-state index contributed by atoms with van der Waals surface area (Å²) >= 11 is 0. The molecule has 12 heteroatoms. The molecule has 33 heavy (non-hydrogen) atoms. The first-order valence-electron chi connectivity index (χ1n) is 9.69. The van der Waals surface area contributed by atoms with Crippen LogP contribution in [0.3, 0.4) is 0 Å². The van der Waals surface area contributed by atoms with Crippen LogP contribution in [0.4, 0.5) is 23.2 Å². The first kappa shape index (κ1) is 23.6. The second kappa shape index (κ2) is 9.59. The van der Waals surface area contributed by atoms with Crippen LogP contribution in [0.1, 0.15) is 36.5 Å². The number of nitrogens with zero attached hydrogens (tertiary/aromatic N) is 4. The maximum Gasteiger partial charge on any atom is 0.451 e. The van der Waals surface area contributed by atoms with E-state index in [1.165, 1.54) is 24.4 Å². The summed E-state index contributed by atoms with van der Waals surface area (Å²) in [6.45, 7) is 1.85. The number of hydrazone groups is 1. The van der Waals surface area contributed by atoms with Crippen molar-refractivity contribution in [3.05, 3.63) is 65.8 Å². The fourth-order valence-corrected chi connectivity index (χ4v) is 3.21. The van der Waals surface area contributed by atoms with Crippen molar-refractivity contribution in [2.45, 2.75) is 25.4 Å². The van der Waals surface area contributed by atoms with Gasteiger partial charge >= 0.3 is 6.18 Å². The lowest BCUT2D eigenvalue weighted by Gasteiger charge is -2.12. The van der Waals surface area contributed by atoms with Gasteiger partial charge in [0, 0.05) is 35.1 Å². The Bertz CT molecular complexity index is 1200. The third kappa shape index (κ3) is 5.22. The van der Waals surface area contributed by atoms with Crippen molar-refractivity contribution >= 4 is 23.4 Å². The highest BCUT2D eigenvalue weighted by molar-refractivity contribution is 6.33. The average Bonchev–Trinajstić information content (AvgIpc) is 3.22. The molecule has 0 bridgehead atoms. The number of amidine groups is 1. The molecule has 0 amide bonds. The molecular weight excluding hydrogens is 440 g/mol. The first-order chi connectivity index (χ1) is 15.7. The Hall–Kier alpha value is -4.09. The number of benzene rings is 1. The third-order valence-corrected chi connectivity index (χ3v) is 4.80. The van der Waals surface area contributed by atoms with Gasteiger partial charge in [0.25, 0.3) is 0 Å². The van der Waals surface area contributed by atoms with E-state index in [0.29, 0.717) is 23.4 Å². The zero-order valence-electron chi connectivity index (χ0n) is 17.4. The molecule has 3 aromatic rings. The van der Waals surface area contributed by atoms with Crippen LogP contribution in [0.15, 0.2) is 52.8 Å². The number of nitrogens with two attached hydrogens (primary N) is 2. The van der Waals surface area contributed by atoms with Crippen molar-refractivity contribution in [1.29, 1.82) is 5.41 Å². The lowest BCUT2D eigenvalue weighted by atomic mass is 9.96. The molecule has 1 unspecified atom stereocenters. The van der Waals surface area contributed by atoms with Crippen LogP contribution in [0.25, 0.3) is 11.1 Å². The van der Waals surface area contributed by atoms with Gasteiger partial charge in [0.2, 0.25) is 5.82 Å². The Kier molecular flexibility index (Phi) is 6.85. The molecule has 2 heterocycles. The normalized spacial score (nSPS) is 13.4. The average molecular weight is 460 g/mol. The number of aliphatic imine (C=N–C) groups is 1. The molecule has 172 valence electrons. The molecule has 0 fully saturated rings. The number of hydrogen-bond donors (Lipinski definition) is 4. The Morgan fingerprint density at radius 1 is 1.24 bits per heavy atom. The Labute approximate surface area is 186 Å². The molecule has 0 spiro atoms. The topological polar surface area (TPSA) is 142 Å². The summed E-state index contributed by atoms with van der Waals surface area (Å²) in [5, 5.41) is 11.6. The van der Waals surface area contributed by atoms with Crippen LogP contribution >= 0.6 is 0 Å². The quantitative estimate of drug-likeness (QED) is 0.138. The van der Waals surface area contributed by atoms with Gasteiger partial charge in [0.15, 0.2) is 0 Å². The van der Waals surface area contributed by atoms with E-state index in [-0.39, 0.29) is 22.8 Å². The molecule has 0 aliphatic rings. The number of halogens is 4. The lowest BCUT2D eigenvalue weighted by molar-refractivity contribution is -0.144. The van der Waals surface area contributed by atoms with E-state index >= 15 is 0 Å². The minimum Gasteiger partial charge on any atom is -0.382 e. The predicted molar refractivity (Wildman–Crippen MR) is 117 cm³/mol. The van der Waals surface area contributed by atoms with Crippen molar-refractivity contribution in [1.82, 2.24) is 15.0 Å². The highest BCUT2D eigenvalue weighted by Gasteiger charge is 2.34. The molecule has 6 N–H and O–H groups in total. The number of aromatic nitrogens is 3. The minimum atomic E-state index is -4.68. The fourth-order valence-electron chi connectivity index (χ4n) is 3.21. The molecule has 1 atom stereocenters. The molecule has 0 saturated heterocycles. The molecule has 2 aromatic heterocycles. The number of hydrogen-bond acceptors (Lipinski definition) is 6. The van der Waals surface area contributed by atoms with Crippen LogP contribution < -0.4 is 11.6 Å². The molecule has 3 rings (SSSR count). The summed E-state index contributed by atoms with van der Waals surface area (Å²) in [5.41, 5.74) is 7.37. The predicted octanol–water partition coefficient (Wildman–Crippen LogP) is 4.12. The van der Waals surface area contributed by atoms with Crippen molar-refractivity contribution in [3.8, 4) is 11.1 Å². The van der Waals surface area contributed by atoms with Gasteiger partial charge in [-0.2, -0.15) is 18.3 Å². The van der Waals surface area contributed by atoms with Gasteiger partial charge < -0.3 is 16.6 Å². The number of aromatic amines is 1. The highest BCUT2D eigenvalue weighted by Crippen LogP contribution is 2.31. The van der Waals surface area contributed by atoms with E-state index in [4.69, 9.17) is 17.0 Å². The second-order valence-corrected chi connectivity index (χ2v) is 6.94. The number of para-hydroxylation sites is 1. The fraction of sp³-hybridized carbons (Fsp3) is 0.190. The highest BCUT2D eigenvalue weighted by atomic mass is 19.4. The maximum atomic E-state index is 13.9. The third-order valence-electron chi connectivity index (χ3n) is 4.80. The van der Waals surface area contributed by atoms with Gasteiger partial charge in [0.1, 0.15) is 11.7 Å². The lowest BCUT2D eigenvalue weighted by Crippen LogP contribution is -2.17. The standard InChI is InChI=1S/C21H20F4N8/c1-2-12(17(33-28)10-29-15-6-4-3-5-14(15)22)16-7-13(18(32-16)19(26)27)11-8-30-20(31-9-11)21(23,24)25/h3-10,12,32H,2,28H2,1H3,(H3,26,27). The maximum absolute atomic E-state index is 13.9. The van der Waals surface area contributed by atoms with Gasteiger partial charge in [-0.1, -0.05) is 19.1 Å². The van der Waals surface area contributed by atoms with Gasteiger partial charge in [0.05, 0.1) is 23.3 Å². The minimum absolute atomic E-state index is 0.104. The van der Waals surface area contributed by atoms with Crippen molar-refractivity contribution < 1.29 is 17.6 Å². The molecule has 0 saturated carbocycles. The molecular formula is C21H20F4N8. The zero-order chi connectivity index (χ0) is 24.2. The van der Waals surface area contributed by atoms with E-state index in [2.05, 4.69) is 25.0 Å². The zero-order valence-corrected chi connectivity index (χ0v) is 17.4. The van der Waals surface area contributed by atoms with Crippen molar-refractivity contribution in [3.63, 3.8) is 0 Å². The SMILES string of the molecule is CCC(C(C=Nc1ccccc1F)=NN)c1cc(-c2cnc(C(F)(F)F)nc2)c(C(=N)N)[nH]1. The van der Waals surface area contributed by atoms with Crippen LogP contribution in [-0.2, 0) is 6.18 Å². The number of rotatable bonds is 7. The first-order valence-corrected chi connectivity index (χ1v) is 9.69. The van der Waals surface area contributed by atoms with E-state index in [1.54, 1.807) is 12.1 Å². The number of nitrogen functional groups attached to an aromatic ring is 1. The van der Waals surface area contributed by atoms with Crippen molar-refractivity contribution in [2.24, 2.45) is 21.7 Å². The van der Waals surface area contributed by atoms with Crippen LogP contribution in [0.5, 0.6) is 0 Å². The molecule has 8 nitrogen and oxygen atoms in total. The smallest absolute Gasteiger partial charge is 0.382 e. The van der Waals surface area contributed by atoms with Gasteiger partial charge in [-0.3, -0.25) is 10.4 Å². The summed E-state index contributed by atoms with van der Waals surface area (Å²) in [7, 11) is 0. The summed E-state index contributed by atoms with van der Waals surface area (Å²) < 4.78 is 52.2. The van der Waals surface area contributed by atoms with E-state index in [0.717, 1.165) is 12.4 Å². The number of alkyl halides is 3. The van der Waals surface area contributed by atoms with Crippen molar-refractivity contribution in [2.75, 3.05) is 0 Å². The Morgan fingerprint density at radius 2 is 1.91 bits per heavy atom. The second-order valence-electron chi connectivity index (χ2n) is 6.94. The number of nitrogens with one attached hydrogen (secondary N) is 2. The molecule has 0 radical (unpaired) electrons. The van der Waals surface area contributed by atoms with E-state index < -0.39 is 23.7 Å². The Morgan fingerprint density at radius 3 is 2.45 bits per heavy atom. The van der Waals surface area contributed by atoms with Gasteiger partial charge in [-0.05, 0) is 24.6 Å².